The maximum absolute atomic E-state index is 6.08. The van der Waals surface area contributed by atoms with Gasteiger partial charge in [-0.15, -0.1) is 11.3 Å². The van der Waals surface area contributed by atoms with Gasteiger partial charge >= 0.3 is 0 Å². The Morgan fingerprint density at radius 2 is 2.44 bits per heavy atom. The predicted octanol–water partition coefficient (Wildman–Crippen LogP) is 2.48. The van der Waals surface area contributed by atoms with Gasteiger partial charge in [-0.05, 0) is 31.7 Å². The Balaban J connectivity index is 1.77. The number of nitrogens with zero attached hydrogens (tertiary/aromatic N) is 1. The first kappa shape index (κ1) is 12.6. The Labute approximate surface area is 113 Å². The second kappa shape index (κ2) is 5.27. The maximum atomic E-state index is 6.08. The Morgan fingerprint density at radius 3 is 3.11 bits per heavy atom. The van der Waals surface area contributed by atoms with Crippen LogP contribution < -0.4 is 5.32 Å². The first-order valence-electron chi connectivity index (χ1n) is 7.05. The normalized spacial score (nSPS) is 31.9. The molecule has 2 heterocycles. The van der Waals surface area contributed by atoms with E-state index in [4.69, 9.17) is 4.74 Å². The standard InChI is InChI=1S/C14H22N2OS/c1-2-15-10-14(9-12-16-6-8-18-12)5-7-17-13(14)11-3-4-11/h6,8,11,13,15H,2-5,7,9-10H2,1H3. The summed E-state index contributed by atoms with van der Waals surface area (Å²) in [7, 11) is 0. The van der Waals surface area contributed by atoms with Crippen LogP contribution in [0.15, 0.2) is 11.6 Å². The van der Waals surface area contributed by atoms with E-state index in [2.05, 4.69) is 22.6 Å². The molecule has 1 saturated heterocycles. The van der Waals surface area contributed by atoms with E-state index in [0.717, 1.165) is 32.0 Å². The molecule has 1 N–H and O–H groups in total. The molecule has 3 nitrogen and oxygen atoms in total. The number of thiazole rings is 1. The highest BCUT2D eigenvalue weighted by Gasteiger charge is 2.50. The van der Waals surface area contributed by atoms with E-state index in [-0.39, 0.29) is 5.41 Å². The van der Waals surface area contributed by atoms with Gasteiger partial charge in [-0.25, -0.2) is 4.98 Å². The molecule has 2 aliphatic rings. The SMILES string of the molecule is CCNCC1(Cc2nccs2)CCOC1C1CC1. The van der Waals surface area contributed by atoms with E-state index in [0.29, 0.717) is 6.10 Å². The Bertz CT molecular complexity index is 377. The van der Waals surface area contributed by atoms with Crippen LogP contribution in [0.3, 0.4) is 0 Å². The van der Waals surface area contributed by atoms with E-state index < -0.39 is 0 Å². The third kappa shape index (κ3) is 2.46. The van der Waals surface area contributed by atoms with Crippen molar-refractivity contribution in [1.82, 2.24) is 10.3 Å². The number of hydrogen-bond acceptors (Lipinski definition) is 4. The van der Waals surface area contributed by atoms with Crippen molar-refractivity contribution >= 4 is 11.3 Å². The number of hydrogen-bond donors (Lipinski definition) is 1. The predicted molar refractivity (Wildman–Crippen MR) is 73.9 cm³/mol. The lowest BCUT2D eigenvalue weighted by Crippen LogP contribution is -2.43. The molecule has 1 aromatic heterocycles. The summed E-state index contributed by atoms with van der Waals surface area (Å²) in [4.78, 5) is 4.48. The van der Waals surface area contributed by atoms with Crippen LogP contribution in [0.25, 0.3) is 0 Å². The molecule has 1 saturated carbocycles. The van der Waals surface area contributed by atoms with Crippen molar-refractivity contribution in [2.45, 2.75) is 38.7 Å². The Morgan fingerprint density at radius 1 is 1.56 bits per heavy atom. The fraction of sp³-hybridized carbons (Fsp3) is 0.786. The molecule has 0 bridgehead atoms. The van der Waals surface area contributed by atoms with Crippen molar-refractivity contribution < 1.29 is 4.74 Å². The summed E-state index contributed by atoms with van der Waals surface area (Å²) in [5, 5.41) is 6.90. The molecule has 0 amide bonds. The first-order valence-corrected chi connectivity index (χ1v) is 7.93. The summed E-state index contributed by atoms with van der Waals surface area (Å²) in [6, 6.07) is 0. The highest BCUT2D eigenvalue weighted by atomic mass is 32.1. The summed E-state index contributed by atoms with van der Waals surface area (Å²) >= 11 is 1.78. The van der Waals surface area contributed by atoms with Crippen molar-refractivity contribution in [3.63, 3.8) is 0 Å². The van der Waals surface area contributed by atoms with Gasteiger partial charge < -0.3 is 10.1 Å². The number of ether oxygens (including phenoxy) is 1. The van der Waals surface area contributed by atoms with Crippen LogP contribution >= 0.6 is 11.3 Å². The lowest BCUT2D eigenvalue weighted by molar-refractivity contribution is 0.0308. The lowest BCUT2D eigenvalue weighted by Gasteiger charge is -2.34. The molecule has 0 radical (unpaired) electrons. The average molecular weight is 266 g/mol. The minimum absolute atomic E-state index is 0.287. The molecule has 2 unspecified atom stereocenters. The van der Waals surface area contributed by atoms with Gasteiger partial charge in [0.2, 0.25) is 0 Å². The second-order valence-electron chi connectivity index (χ2n) is 5.62. The molecule has 0 spiro atoms. The van der Waals surface area contributed by atoms with Crippen LogP contribution in [-0.4, -0.2) is 30.8 Å². The third-order valence-corrected chi connectivity index (χ3v) is 5.04. The molecule has 1 aliphatic carbocycles. The maximum Gasteiger partial charge on any atom is 0.0931 e. The second-order valence-corrected chi connectivity index (χ2v) is 6.60. The van der Waals surface area contributed by atoms with E-state index in [1.807, 2.05) is 6.20 Å². The number of nitrogens with one attached hydrogen (secondary N) is 1. The third-order valence-electron chi connectivity index (χ3n) is 4.26. The van der Waals surface area contributed by atoms with Crippen LogP contribution in [0.4, 0.5) is 0 Å². The highest BCUT2D eigenvalue weighted by Crippen LogP contribution is 2.49. The molecule has 3 rings (SSSR count). The van der Waals surface area contributed by atoms with Crippen LogP contribution in [0.1, 0.15) is 31.2 Å². The fourth-order valence-corrected chi connectivity index (χ4v) is 3.97. The van der Waals surface area contributed by atoms with Gasteiger partial charge in [-0.2, -0.15) is 0 Å². The van der Waals surface area contributed by atoms with Gasteiger partial charge in [0, 0.05) is 36.6 Å². The van der Waals surface area contributed by atoms with E-state index in [1.54, 1.807) is 11.3 Å². The van der Waals surface area contributed by atoms with Crippen molar-refractivity contribution in [1.29, 1.82) is 0 Å². The zero-order valence-corrected chi connectivity index (χ0v) is 11.8. The summed E-state index contributed by atoms with van der Waals surface area (Å²) in [5.41, 5.74) is 0.287. The zero-order chi connectivity index (χ0) is 12.4. The molecule has 2 fully saturated rings. The smallest absolute Gasteiger partial charge is 0.0931 e. The molecular formula is C14H22N2OS. The average Bonchev–Trinajstić information content (AvgIpc) is 2.94. The molecule has 1 aromatic rings. The van der Waals surface area contributed by atoms with Gasteiger partial charge in [-0.1, -0.05) is 6.92 Å². The number of aromatic nitrogens is 1. The van der Waals surface area contributed by atoms with Crippen LogP contribution in [0.5, 0.6) is 0 Å². The van der Waals surface area contributed by atoms with Crippen LogP contribution in [0, 0.1) is 11.3 Å². The molecule has 100 valence electrons. The summed E-state index contributed by atoms with van der Waals surface area (Å²) in [6.45, 7) is 5.22. The van der Waals surface area contributed by atoms with Crippen molar-refractivity contribution in [2.24, 2.45) is 11.3 Å². The van der Waals surface area contributed by atoms with Crippen LogP contribution in [0.2, 0.25) is 0 Å². The summed E-state index contributed by atoms with van der Waals surface area (Å²) < 4.78 is 6.08. The minimum atomic E-state index is 0.287. The van der Waals surface area contributed by atoms with E-state index >= 15 is 0 Å². The first-order chi connectivity index (χ1) is 8.84. The molecule has 4 heteroatoms. The molecule has 18 heavy (non-hydrogen) atoms. The lowest BCUT2D eigenvalue weighted by atomic mass is 9.76. The largest absolute Gasteiger partial charge is 0.377 e. The van der Waals surface area contributed by atoms with Gasteiger partial charge in [0.15, 0.2) is 0 Å². The molecule has 0 aromatic carbocycles. The Hall–Kier alpha value is -0.450. The van der Waals surface area contributed by atoms with Crippen molar-refractivity contribution in [2.75, 3.05) is 19.7 Å². The summed E-state index contributed by atoms with van der Waals surface area (Å²) in [6.07, 6.45) is 7.36. The fourth-order valence-electron chi connectivity index (χ4n) is 3.20. The van der Waals surface area contributed by atoms with E-state index in [9.17, 15) is 0 Å². The molecular weight excluding hydrogens is 244 g/mol. The monoisotopic (exact) mass is 266 g/mol. The summed E-state index contributed by atoms with van der Waals surface area (Å²) in [5.74, 6) is 0.811. The van der Waals surface area contributed by atoms with Gasteiger partial charge in [-0.3, -0.25) is 0 Å². The van der Waals surface area contributed by atoms with Crippen LogP contribution in [-0.2, 0) is 11.2 Å². The van der Waals surface area contributed by atoms with Crippen molar-refractivity contribution in [3.05, 3.63) is 16.6 Å². The molecule has 2 atom stereocenters. The Kier molecular flexibility index (Phi) is 3.68. The van der Waals surface area contributed by atoms with Gasteiger partial charge in [0.05, 0.1) is 11.1 Å². The zero-order valence-electron chi connectivity index (χ0n) is 11.0. The quantitative estimate of drug-likeness (QED) is 0.859. The van der Waals surface area contributed by atoms with Gasteiger partial charge in [0.25, 0.3) is 0 Å². The van der Waals surface area contributed by atoms with E-state index in [1.165, 1.54) is 24.3 Å². The minimum Gasteiger partial charge on any atom is -0.377 e. The number of rotatable bonds is 6. The highest BCUT2D eigenvalue weighted by molar-refractivity contribution is 7.09. The topological polar surface area (TPSA) is 34.2 Å². The van der Waals surface area contributed by atoms with Crippen molar-refractivity contribution in [3.8, 4) is 0 Å². The molecule has 1 aliphatic heterocycles. The van der Waals surface area contributed by atoms with Gasteiger partial charge in [0.1, 0.15) is 0 Å².